The first kappa shape index (κ1) is 18.8. The molecule has 5 heteroatoms. The quantitative estimate of drug-likeness (QED) is 0.222. The van der Waals surface area contributed by atoms with Crippen LogP contribution in [0.1, 0.15) is 0 Å². The number of para-hydroxylation sites is 2. The summed E-state index contributed by atoms with van der Waals surface area (Å²) in [5.74, 6) is 0. The molecule has 5 aromatic rings. The predicted molar refractivity (Wildman–Crippen MR) is 110 cm³/mol. The van der Waals surface area contributed by atoms with E-state index < -0.39 is 0 Å². The van der Waals surface area contributed by atoms with Crippen LogP contribution >= 0.6 is 0 Å². The molecule has 0 saturated carbocycles. The van der Waals surface area contributed by atoms with Gasteiger partial charge in [-0.05, 0) is 29.7 Å². The molecule has 0 spiro atoms. The van der Waals surface area contributed by atoms with E-state index in [4.69, 9.17) is 11.5 Å². The van der Waals surface area contributed by atoms with Crippen molar-refractivity contribution >= 4 is 44.0 Å². The Bertz CT molecular complexity index is 1130. The number of nitrogen functional groups attached to an aromatic ring is 2. The van der Waals surface area contributed by atoms with E-state index in [2.05, 4.69) is 46.4 Å². The summed E-state index contributed by atoms with van der Waals surface area (Å²) in [6.45, 7) is 0. The fourth-order valence-electron chi connectivity index (χ4n) is 3.00. The van der Waals surface area contributed by atoms with Crippen LogP contribution in [0.25, 0.3) is 32.6 Å². The zero-order valence-corrected chi connectivity index (χ0v) is 16.7. The van der Waals surface area contributed by atoms with Crippen LogP contribution in [0.3, 0.4) is 0 Å². The van der Waals surface area contributed by atoms with Crippen molar-refractivity contribution in [2.24, 2.45) is 0 Å². The number of hydrogen-bond donors (Lipinski definition) is 2. The molecule has 5 rings (SSSR count). The number of nitrogens with two attached hydrogens (primary N) is 2. The molecule has 0 amide bonds. The molecule has 3 aromatic carbocycles. The Morgan fingerprint density at radius 1 is 0.519 bits per heavy atom. The van der Waals surface area contributed by atoms with E-state index in [1.165, 1.54) is 5.39 Å². The van der Waals surface area contributed by atoms with Crippen molar-refractivity contribution in [1.29, 1.82) is 0 Å². The first-order chi connectivity index (χ1) is 12.7. The molecule has 0 atom stereocenters. The molecule has 2 heterocycles. The molecular formula is C22H18N4Pt+2. The van der Waals surface area contributed by atoms with Gasteiger partial charge in [-0.15, -0.1) is 0 Å². The normalized spacial score (nSPS) is 10.2. The average molecular weight is 533 g/mol. The molecule has 4 nitrogen and oxygen atoms in total. The Morgan fingerprint density at radius 2 is 0.963 bits per heavy atom. The topological polar surface area (TPSA) is 77.8 Å². The Balaban J connectivity index is 0.000000200. The van der Waals surface area contributed by atoms with Crippen LogP contribution in [-0.4, -0.2) is 9.97 Å². The Kier molecular flexibility index (Phi) is 5.68. The van der Waals surface area contributed by atoms with Gasteiger partial charge in [0.15, 0.2) is 0 Å². The second-order valence-corrected chi connectivity index (χ2v) is 6.01. The number of aromatic nitrogens is 2. The van der Waals surface area contributed by atoms with Crippen LogP contribution in [0.2, 0.25) is 0 Å². The summed E-state index contributed by atoms with van der Waals surface area (Å²) in [5.41, 5.74) is 14.1. The van der Waals surface area contributed by atoms with E-state index in [1.54, 1.807) is 12.1 Å². The zero-order chi connectivity index (χ0) is 17.9. The van der Waals surface area contributed by atoms with Crippen molar-refractivity contribution in [3.8, 4) is 0 Å². The number of benzene rings is 3. The van der Waals surface area contributed by atoms with Gasteiger partial charge in [0.1, 0.15) is 0 Å². The molecule has 0 saturated heterocycles. The molecule has 4 N–H and O–H groups in total. The maximum atomic E-state index is 5.39. The minimum Gasteiger partial charge on any atom is -0.397 e. The molecule has 27 heavy (non-hydrogen) atoms. The third-order valence-corrected chi connectivity index (χ3v) is 4.32. The summed E-state index contributed by atoms with van der Waals surface area (Å²) in [6, 6.07) is 23.8. The van der Waals surface area contributed by atoms with Gasteiger partial charge in [-0.3, -0.25) is 9.97 Å². The summed E-state index contributed by atoms with van der Waals surface area (Å²) in [5, 5.41) is 4.64. The Hall–Kier alpha value is -2.97. The van der Waals surface area contributed by atoms with Crippen LogP contribution in [0.5, 0.6) is 0 Å². The predicted octanol–water partition coefficient (Wildman–Crippen LogP) is 4.78. The van der Waals surface area contributed by atoms with Gasteiger partial charge < -0.3 is 11.5 Å². The van der Waals surface area contributed by atoms with Crippen molar-refractivity contribution in [3.63, 3.8) is 0 Å². The largest absolute Gasteiger partial charge is 2.00 e. The minimum atomic E-state index is 0. The van der Waals surface area contributed by atoms with Gasteiger partial charge in [0.05, 0.1) is 22.4 Å². The zero-order valence-electron chi connectivity index (χ0n) is 14.4. The van der Waals surface area contributed by atoms with Crippen LogP contribution in [-0.2, 0) is 21.1 Å². The maximum absolute atomic E-state index is 5.39. The third kappa shape index (κ3) is 3.76. The van der Waals surface area contributed by atoms with E-state index >= 15 is 0 Å². The number of nitrogens with zero attached hydrogens (tertiary/aromatic N) is 2. The van der Waals surface area contributed by atoms with Crippen molar-refractivity contribution in [3.05, 3.63) is 85.2 Å². The number of fused-ring (bicyclic) bond motifs is 5. The van der Waals surface area contributed by atoms with Crippen LogP contribution in [0.4, 0.5) is 11.4 Å². The average Bonchev–Trinajstić information content (AvgIpc) is 2.70. The SMILES string of the molecule is Nc1ccccc1N.[Pt+2].c1cnc2c(c1)ccc1ccc3cccnc3c12. The van der Waals surface area contributed by atoms with Gasteiger partial charge in [0.25, 0.3) is 0 Å². The second-order valence-electron chi connectivity index (χ2n) is 6.01. The third-order valence-electron chi connectivity index (χ3n) is 4.32. The van der Waals surface area contributed by atoms with Crippen LogP contribution in [0.15, 0.2) is 85.2 Å². The molecule has 0 aliphatic rings. The van der Waals surface area contributed by atoms with Crippen molar-refractivity contribution in [2.75, 3.05) is 11.5 Å². The van der Waals surface area contributed by atoms with Crippen molar-refractivity contribution in [2.45, 2.75) is 0 Å². The molecule has 0 unspecified atom stereocenters. The molecule has 0 fully saturated rings. The molecular weight excluding hydrogens is 515 g/mol. The summed E-state index contributed by atoms with van der Waals surface area (Å²) in [4.78, 5) is 9.04. The summed E-state index contributed by atoms with van der Waals surface area (Å²) in [7, 11) is 0. The van der Waals surface area contributed by atoms with Gasteiger partial charge in [0.2, 0.25) is 0 Å². The first-order valence-corrected chi connectivity index (χ1v) is 8.35. The van der Waals surface area contributed by atoms with E-state index in [0.29, 0.717) is 11.4 Å². The fraction of sp³-hybridized carbons (Fsp3) is 0. The Labute approximate surface area is 171 Å². The van der Waals surface area contributed by atoms with Gasteiger partial charge in [-0.1, -0.05) is 48.5 Å². The van der Waals surface area contributed by atoms with Crippen LogP contribution < -0.4 is 11.5 Å². The summed E-state index contributed by atoms with van der Waals surface area (Å²) >= 11 is 0. The standard InChI is InChI=1S/C16H10N2.C6H8N2.Pt/c1-3-12-7-5-11-6-8-13-4-2-10-18-16(13)14(11)15(12)17-9-1;7-5-3-1-2-4-6(5)8;/h1-10H;1-4H,7-8H2;/q;;+2. The van der Waals surface area contributed by atoms with Crippen molar-refractivity contribution < 1.29 is 21.1 Å². The first-order valence-electron chi connectivity index (χ1n) is 8.35. The molecule has 0 radical (unpaired) electrons. The van der Waals surface area contributed by atoms with Crippen molar-refractivity contribution in [1.82, 2.24) is 9.97 Å². The molecule has 0 aliphatic carbocycles. The van der Waals surface area contributed by atoms with Crippen LogP contribution in [0, 0.1) is 0 Å². The van der Waals surface area contributed by atoms with E-state index in [9.17, 15) is 0 Å². The molecule has 2 aromatic heterocycles. The second kappa shape index (κ2) is 8.15. The smallest absolute Gasteiger partial charge is 0.397 e. The number of rotatable bonds is 0. The van der Waals surface area contributed by atoms with Gasteiger partial charge >= 0.3 is 21.1 Å². The summed E-state index contributed by atoms with van der Waals surface area (Å²) in [6.07, 6.45) is 3.67. The van der Waals surface area contributed by atoms with E-state index in [1.807, 2.05) is 36.7 Å². The molecule has 0 aliphatic heterocycles. The van der Waals surface area contributed by atoms with E-state index in [0.717, 1.165) is 27.2 Å². The monoisotopic (exact) mass is 533 g/mol. The van der Waals surface area contributed by atoms with E-state index in [-0.39, 0.29) is 21.1 Å². The van der Waals surface area contributed by atoms with Gasteiger partial charge in [0, 0.05) is 28.6 Å². The minimum absolute atomic E-state index is 0. The van der Waals surface area contributed by atoms with Gasteiger partial charge in [-0.2, -0.15) is 0 Å². The molecule has 0 bridgehead atoms. The molecule has 134 valence electrons. The fourth-order valence-corrected chi connectivity index (χ4v) is 3.00. The Morgan fingerprint density at radius 3 is 1.41 bits per heavy atom. The summed E-state index contributed by atoms with van der Waals surface area (Å²) < 4.78 is 0. The number of hydrogen-bond acceptors (Lipinski definition) is 4. The number of pyridine rings is 2. The van der Waals surface area contributed by atoms with Gasteiger partial charge in [-0.25, -0.2) is 0 Å². The number of anilines is 2. The maximum Gasteiger partial charge on any atom is 2.00 e.